The number of nitrogens with one attached hydrogen (secondary N) is 2. The number of halogens is 2. The van der Waals surface area contributed by atoms with E-state index in [1.54, 1.807) is 11.0 Å². The van der Waals surface area contributed by atoms with Crippen LogP contribution in [0.3, 0.4) is 0 Å². The van der Waals surface area contributed by atoms with Crippen LogP contribution in [-0.2, 0) is 16.0 Å². The molecule has 0 saturated carbocycles. The molecule has 2 heterocycles. The van der Waals surface area contributed by atoms with E-state index in [-0.39, 0.29) is 35.6 Å². The van der Waals surface area contributed by atoms with Crippen LogP contribution in [-0.4, -0.2) is 46.9 Å². The van der Waals surface area contributed by atoms with Crippen molar-refractivity contribution in [3.63, 3.8) is 0 Å². The third-order valence-electron chi connectivity index (χ3n) is 6.01. The van der Waals surface area contributed by atoms with Crippen molar-refractivity contribution in [1.82, 2.24) is 15.2 Å². The normalized spacial score (nSPS) is 13.8. The van der Waals surface area contributed by atoms with Gasteiger partial charge in [-0.2, -0.15) is 0 Å². The number of nitrogens with two attached hydrogens (primary N) is 1. The van der Waals surface area contributed by atoms with Crippen molar-refractivity contribution in [2.75, 3.05) is 18.4 Å². The summed E-state index contributed by atoms with van der Waals surface area (Å²) in [5.74, 6) is -1.81. The first-order valence-corrected chi connectivity index (χ1v) is 12.3. The van der Waals surface area contributed by atoms with E-state index in [1.165, 1.54) is 60.9 Å². The first-order valence-electron chi connectivity index (χ1n) is 12.3. The summed E-state index contributed by atoms with van der Waals surface area (Å²) in [6.07, 6.45) is 7.31. The van der Waals surface area contributed by atoms with Crippen LogP contribution < -0.4 is 21.1 Å². The Hall–Kier alpha value is -4.64. The van der Waals surface area contributed by atoms with Gasteiger partial charge >= 0.3 is 6.03 Å². The number of likely N-dealkylation sites (tertiary alicyclic amines) is 1. The molecule has 1 aliphatic rings. The molecule has 0 radical (unpaired) electrons. The number of urea groups is 1. The van der Waals surface area contributed by atoms with Crippen LogP contribution in [0.4, 0.5) is 19.3 Å². The number of rotatable bonds is 7. The highest BCUT2D eigenvalue weighted by Gasteiger charge is 2.19. The van der Waals surface area contributed by atoms with Gasteiger partial charge < -0.3 is 20.7 Å². The van der Waals surface area contributed by atoms with Crippen LogP contribution in [0.1, 0.15) is 24.0 Å². The van der Waals surface area contributed by atoms with Gasteiger partial charge in [0.15, 0.2) is 11.6 Å². The molecule has 202 valence electrons. The zero-order valence-electron chi connectivity index (χ0n) is 20.9. The highest BCUT2D eigenvalue weighted by Crippen LogP contribution is 2.29. The first-order chi connectivity index (χ1) is 18.8. The van der Waals surface area contributed by atoms with Crippen molar-refractivity contribution >= 4 is 29.6 Å². The molecule has 4 rings (SSSR count). The van der Waals surface area contributed by atoms with Gasteiger partial charge in [0.05, 0.1) is 6.42 Å². The minimum Gasteiger partial charge on any atom is -0.454 e. The summed E-state index contributed by atoms with van der Waals surface area (Å²) in [5.41, 5.74) is 6.98. The van der Waals surface area contributed by atoms with E-state index in [9.17, 15) is 23.2 Å². The zero-order chi connectivity index (χ0) is 27.8. The van der Waals surface area contributed by atoms with Gasteiger partial charge in [-0.3, -0.25) is 19.9 Å². The number of imide groups is 1. The number of aromatic nitrogens is 1. The number of nitrogens with zero attached hydrogens (tertiary/aromatic N) is 2. The summed E-state index contributed by atoms with van der Waals surface area (Å²) in [7, 11) is 0. The summed E-state index contributed by atoms with van der Waals surface area (Å²) in [5, 5.41) is 4.51. The monoisotopic (exact) mass is 535 g/mol. The van der Waals surface area contributed by atoms with E-state index in [2.05, 4.69) is 15.6 Å². The predicted octanol–water partition coefficient (Wildman–Crippen LogP) is 4.01. The highest BCUT2D eigenvalue weighted by molar-refractivity contribution is 6.01. The number of carbonyl (C=O) groups is 3. The van der Waals surface area contributed by atoms with Crippen LogP contribution in [0.5, 0.6) is 11.5 Å². The summed E-state index contributed by atoms with van der Waals surface area (Å²) in [4.78, 5) is 42.5. The van der Waals surface area contributed by atoms with E-state index < -0.39 is 23.6 Å². The average molecular weight is 536 g/mol. The first kappa shape index (κ1) is 27.4. The number of piperidine rings is 1. The van der Waals surface area contributed by atoms with Gasteiger partial charge in [-0.15, -0.1) is 0 Å². The molecule has 0 aliphatic carbocycles. The Kier molecular flexibility index (Phi) is 8.95. The lowest BCUT2D eigenvalue weighted by Crippen LogP contribution is -2.42. The quantitative estimate of drug-likeness (QED) is 0.393. The second kappa shape index (κ2) is 12.7. The SMILES string of the molecule is NC1CCN(C(=O)/C=C/c2cnccc2Oc2ccc(NC(=O)NC(=O)Cc3ccc(F)cc3)cc2F)CC1. The number of hydrogen-bond donors (Lipinski definition) is 3. The fourth-order valence-corrected chi connectivity index (χ4v) is 3.90. The average Bonchev–Trinajstić information content (AvgIpc) is 2.91. The Morgan fingerprint density at radius 3 is 2.51 bits per heavy atom. The molecule has 0 bridgehead atoms. The van der Waals surface area contributed by atoms with Gasteiger partial charge in [0.2, 0.25) is 11.8 Å². The molecule has 1 aliphatic heterocycles. The Balaban J connectivity index is 1.34. The lowest BCUT2D eigenvalue weighted by Gasteiger charge is -2.29. The standard InChI is InChI=1S/C28H27F2N5O4/c29-20-4-1-18(2-5-20)15-26(36)34-28(38)33-22-6-7-25(23(30)16-22)39-24-9-12-32-17-19(24)3-8-27(37)35-13-10-21(31)11-14-35/h1-9,12,16-17,21H,10-11,13-15,31H2,(H2,33,34,36,38)/b8-3+. The molecule has 3 aromatic rings. The fourth-order valence-electron chi connectivity index (χ4n) is 3.90. The van der Waals surface area contributed by atoms with Crippen LogP contribution >= 0.6 is 0 Å². The maximum atomic E-state index is 14.8. The fraction of sp³-hybridized carbons (Fsp3) is 0.214. The smallest absolute Gasteiger partial charge is 0.325 e. The molecular formula is C28H27F2N5O4. The number of hydrogen-bond acceptors (Lipinski definition) is 6. The van der Waals surface area contributed by atoms with E-state index in [0.717, 1.165) is 18.9 Å². The van der Waals surface area contributed by atoms with Gasteiger partial charge in [-0.25, -0.2) is 13.6 Å². The predicted molar refractivity (Wildman–Crippen MR) is 141 cm³/mol. The van der Waals surface area contributed by atoms with E-state index in [0.29, 0.717) is 24.2 Å². The van der Waals surface area contributed by atoms with Crippen molar-refractivity contribution in [2.24, 2.45) is 5.73 Å². The van der Waals surface area contributed by atoms with Gasteiger partial charge in [-0.1, -0.05) is 12.1 Å². The van der Waals surface area contributed by atoms with Crippen molar-refractivity contribution in [3.05, 3.63) is 89.8 Å². The van der Waals surface area contributed by atoms with E-state index in [4.69, 9.17) is 10.5 Å². The van der Waals surface area contributed by atoms with E-state index in [1.807, 2.05) is 0 Å². The largest absolute Gasteiger partial charge is 0.454 e. The molecule has 39 heavy (non-hydrogen) atoms. The Labute approximate surface area is 223 Å². The summed E-state index contributed by atoms with van der Waals surface area (Å²) in [6.45, 7) is 1.18. The molecule has 0 atom stereocenters. The molecule has 2 aromatic carbocycles. The summed E-state index contributed by atoms with van der Waals surface area (Å²) in [6, 6.07) is 9.87. The van der Waals surface area contributed by atoms with Crippen molar-refractivity contribution < 1.29 is 27.9 Å². The van der Waals surface area contributed by atoms with Crippen LogP contribution in [0.25, 0.3) is 6.08 Å². The molecule has 11 heteroatoms. The van der Waals surface area contributed by atoms with Gasteiger partial charge in [-0.05, 0) is 54.8 Å². The Bertz CT molecular complexity index is 1370. The number of benzene rings is 2. The molecule has 0 unspecified atom stereocenters. The minimum absolute atomic E-state index is 0.0913. The highest BCUT2D eigenvalue weighted by atomic mass is 19.1. The number of ether oxygens (including phenoxy) is 1. The Morgan fingerprint density at radius 2 is 1.79 bits per heavy atom. The molecule has 0 spiro atoms. The van der Waals surface area contributed by atoms with Gasteiger partial charge in [0.1, 0.15) is 11.6 Å². The molecular weight excluding hydrogens is 508 g/mol. The molecule has 9 nitrogen and oxygen atoms in total. The molecule has 4 N–H and O–H groups in total. The van der Waals surface area contributed by atoms with Crippen LogP contribution in [0.15, 0.2) is 67.0 Å². The van der Waals surface area contributed by atoms with Crippen molar-refractivity contribution in [2.45, 2.75) is 25.3 Å². The minimum atomic E-state index is -0.850. The number of pyridine rings is 1. The van der Waals surface area contributed by atoms with Gasteiger partial charge in [0.25, 0.3) is 0 Å². The lowest BCUT2D eigenvalue weighted by molar-refractivity contribution is -0.127. The number of anilines is 1. The molecule has 1 fully saturated rings. The van der Waals surface area contributed by atoms with Crippen LogP contribution in [0, 0.1) is 11.6 Å². The second-order valence-electron chi connectivity index (χ2n) is 8.96. The Morgan fingerprint density at radius 1 is 1.05 bits per heavy atom. The zero-order valence-corrected chi connectivity index (χ0v) is 20.9. The topological polar surface area (TPSA) is 127 Å². The summed E-state index contributed by atoms with van der Waals surface area (Å²) < 4.78 is 33.5. The van der Waals surface area contributed by atoms with Gasteiger partial charge in [0, 0.05) is 54.9 Å². The third kappa shape index (κ3) is 7.92. The lowest BCUT2D eigenvalue weighted by atomic mass is 10.1. The van der Waals surface area contributed by atoms with Crippen molar-refractivity contribution in [3.8, 4) is 11.5 Å². The summed E-state index contributed by atoms with van der Waals surface area (Å²) >= 11 is 0. The molecule has 1 saturated heterocycles. The molecule has 4 amide bonds. The maximum Gasteiger partial charge on any atom is 0.325 e. The second-order valence-corrected chi connectivity index (χ2v) is 8.96. The number of carbonyl (C=O) groups excluding carboxylic acids is 3. The third-order valence-corrected chi connectivity index (χ3v) is 6.01. The van der Waals surface area contributed by atoms with E-state index >= 15 is 0 Å². The maximum absolute atomic E-state index is 14.8. The number of amides is 4. The van der Waals surface area contributed by atoms with Crippen molar-refractivity contribution in [1.29, 1.82) is 0 Å². The van der Waals surface area contributed by atoms with Crippen LogP contribution in [0.2, 0.25) is 0 Å². The molecule has 1 aromatic heterocycles.